The molecule has 0 aliphatic rings. The third kappa shape index (κ3) is 2.76. The number of thioether (sulfide) groups is 1. The number of nitrogens with two attached hydrogens (primary N) is 1. The first-order valence-corrected chi connectivity index (χ1v) is 4.82. The van der Waals surface area contributed by atoms with Gasteiger partial charge in [-0.05, 0) is 31.4 Å². The van der Waals surface area contributed by atoms with Crippen molar-refractivity contribution in [2.24, 2.45) is 5.73 Å². The lowest BCUT2D eigenvalue weighted by Gasteiger charge is -2.13. The Kier molecular flexibility index (Phi) is 4.83. The molecule has 0 aliphatic carbocycles. The van der Waals surface area contributed by atoms with Crippen LogP contribution in [0, 0.1) is 0 Å². The van der Waals surface area contributed by atoms with Crippen LogP contribution in [0.2, 0.25) is 0 Å². The number of rotatable bonds is 3. The van der Waals surface area contributed by atoms with Crippen LogP contribution in [0.15, 0.2) is 10.5 Å². The number of allylic oxidation sites excluding steroid dienone is 1. The Morgan fingerprint density at radius 2 is 2.00 bits per heavy atom. The van der Waals surface area contributed by atoms with Crippen LogP contribution in [0.5, 0.6) is 0 Å². The Hall–Kier alpha value is 0.0500. The molecule has 0 aromatic heterocycles. The minimum absolute atomic E-state index is 0.250. The Labute approximate surface area is 68.1 Å². The van der Waals surface area contributed by atoms with Gasteiger partial charge in [0.15, 0.2) is 0 Å². The van der Waals surface area contributed by atoms with Gasteiger partial charge in [0.05, 0.1) is 0 Å². The van der Waals surface area contributed by atoms with Gasteiger partial charge in [0.1, 0.15) is 0 Å². The lowest BCUT2D eigenvalue weighted by atomic mass is 10.2. The molecule has 0 aromatic carbocycles. The van der Waals surface area contributed by atoms with Gasteiger partial charge >= 0.3 is 0 Å². The summed E-state index contributed by atoms with van der Waals surface area (Å²) < 4.78 is 0. The number of hydrogen-bond acceptors (Lipinski definition) is 2. The second-order valence-electron chi connectivity index (χ2n) is 2.58. The molecule has 10 heavy (non-hydrogen) atoms. The average molecular weight is 159 g/mol. The first-order chi connectivity index (χ1) is 4.63. The van der Waals surface area contributed by atoms with Crippen molar-refractivity contribution in [3.8, 4) is 0 Å². The zero-order chi connectivity index (χ0) is 8.15. The lowest BCUT2D eigenvalue weighted by molar-refractivity contribution is 0.765. The second-order valence-corrected chi connectivity index (χ2v) is 3.43. The van der Waals surface area contributed by atoms with Gasteiger partial charge in [-0.3, -0.25) is 0 Å². The van der Waals surface area contributed by atoms with Crippen molar-refractivity contribution < 1.29 is 0 Å². The Morgan fingerprint density at radius 1 is 1.50 bits per heavy atom. The van der Waals surface area contributed by atoms with E-state index in [0.717, 1.165) is 6.42 Å². The van der Waals surface area contributed by atoms with Gasteiger partial charge in [0.25, 0.3) is 0 Å². The summed E-state index contributed by atoms with van der Waals surface area (Å²) in [4.78, 5) is 1.34. The van der Waals surface area contributed by atoms with Crippen LogP contribution in [0.4, 0.5) is 0 Å². The molecule has 1 atom stereocenters. The Balaban J connectivity index is 4.21. The molecule has 0 bridgehead atoms. The lowest BCUT2D eigenvalue weighted by Crippen LogP contribution is -2.20. The quantitative estimate of drug-likeness (QED) is 0.684. The van der Waals surface area contributed by atoms with Crippen molar-refractivity contribution in [1.82, 2.24) is 0 Å². The summed E-state index contributed by atoms with van der Waals surface area (Å²) in [7, 11) is 0. The predicted molar refractivity (Wildman–Crippen MR) is 50.2 cm³/mol. The molecule has 0 fully saturated rings. The van der Waals surface area contributed by atoms with Gasteiger partial charge in [0.2, 0.25) is 0 Å². The molecule has 60 valence electrons. The maximum atomic E-state index is 5.85. The van der Waals surface area contributed by atoms with Crippen LogP contribution in [0.25, 0.3) is 0 Å². The highest BCUT2D eigenvalue weighted by Crippen LogP contribution is 2.20. The standard InChI is InChI=1S/C8H17NS/c1-5-7(9)8(10-4)6(2)3/h7H,5,9H2,1-4H3. The molecule has 0 aromatic rings. The number of hydrogen-bond donors (Lipinski definition) is 1. The zero-order valence-electron chi connectivity index (χ0n) is 7.27. The average Bonchev–Trinajstić information content (AvgIpc) is 1.88. The van der Waals surface area contributed by atoms with Crippen molar-refractivity contribution >= 4 is 11.8 Å². The van der Waals surface area contributed by atoms with Gasteiger partial charge in [-0.25, -0.2) is 0 Å². The van der Waals surface area contributed by atoms with E-state index in [-0.39, 0.29) is 6.04 Å². The van der Waals surface area contributed by atoms with E-state index in [2.05, 4.69) is 27.0 Å². The van der Waals surface area contributed by atoms with Gasteiger partial charge in [0, 0.05) is 6.04 Å². The maximum absolute atomic E-state index is 5.85. The van der Waals surface area contributed by atoms with Crippen molar-refractivity contribution in [2.75, 3.05) is 6.26 Å². The molecule has 0 heterocycles. The van der Waals surface area contributed by atoms with Crippen LogP contribution in [0.1, 0.15) is 27.2 Å². The highest BCUT2D eigenvalue weighted by molar-refractivity contribution is 8.02. The van der Waals surface area contributed by atoms with Crippen molar-refractivity contribution in [3.63, 3.8) is 0 Å². The molecular formula is C8H17NS. The first-order valence-electron chi connectivity index (χ1n) is 3.60. The van der Waals surface area contributed by atoms with E-state index in [1.807, 2.05) is 0 Å². The molecule has 0 aliphatic heterocycles. The van der Waals surface area contributed by atoms with E-state index in [1.165, 1.54) is 10.5 Å². The van der Waals surface area contributed by atoms with Crippen LogP contribution < -0.4 is 5.73 Å². The highest BCUT2D eigenvalue weighted by atomic mass is 32.2. The van der Waals surface area contributed by atoms with E-state index in [1.54, 1.807) is 11.8 Å². The monoisotopic (exact) mass is 159 g/mol. The molecule has 0 saturated heterocycles. The van der Waals surface area contributed by atoms with Gasteiger partial charge in [-0.15, -0.1) is 11.8 Å². The molecule has 0 rings (SSSR count). The summed E-state index contributed by atoms with van der Waals surface area (Å²) in [6.45, 7) is 6.34. The summed E-state index contributed by atoms with van der Waals surface area (Å²) in [5.41, 5.74) is 7.20. The van der Waals surface area contributed by atoms with E-state index in [4.69, 9.17) is 5.73 Å². The molecule has 0 amide bonds. The van der Waals surface area contributed by atoms with E-state index in [9.17, 15) is 0 Å². The molecule has 1 nitrogen and oxygen atoms in total. The van der Waals surface area contributed by atoms with Gasteiger partial charge < -0.3 is 5.73 Å². The largest absolute Gasteiger partial charge is 0.324 e. The molecular weight excluding hydrogens is 142 g/mol. The smallest absolute Gasteiger partial charge is 0.0351 e. The SMILES string of the molecule is CCC(N)C(SC)=C(C)C. The summed E-state index contributed by atoms with van der Waals surface area (Å²) in [6, 6.07) is 0.250. The molecule has 1 unspecified atom stereocenters. The molecule has 0 spiro atoms. The summed E-state index contributed by atoms with van der Waals surface area (Å²) in [6.07, 6.45) is 3.11. The molecule has 2 heteroatoms. The molecule has 0 saturated carbocycles. The summed E-state index contributed by atoms with van der Waals surface area (Å²) in [5.74, 6) is 0. The Morgan fingerprint density at radius 3 is 2.10 bits per heavy atom. The predicted octanol–water partition coefficient (Wildman–Crippen LogP) is 2.38. The van der Waals surface area contributed by atoms with Gasteiger partial charge in [-0.1, -0.05) is 12.5 Å². The van der Waals surface area contributed by atoms with Crippen LogP contribution >= 0.6 is 11.8 Å². The molecule has 0 radical (unpaired) electrons. The minimum Gasteiger partial charge on any atom is -0.324 e. The fourth-order valence-corrected chi connectivity index (χ4v) is 1.79. The third-order valence-electron chi connectivity index (χ3n) is 1.49. The first kappa shape index (κ1) is 10.0. The van der Waals surface area contributed by atoms with Crippen molar-refractivity contribution in [2.45, 2.75) is 33.2 Å². The summed E-state index contributed by atoms with van der Waals surface area (Å²) in [5, 5.41) is 0. The van der Waals surface area contributed by atoms with E-state index in [0.29, 0.717) is 0 Å². The maximum Gasteiger partial charge on any atom is 0.0351 e. The van der Waals surface area contributed by atoms with Crippen LogP contribution in [-0.2, 0) is 0 Å². The van der Waals surface area contributed by atoms with Crippen LogP contribution in [0.3, 0.4) is 0 Å². The fraction of sp³-hybridized carbons (Fsp3) is 0.750. The zero-order valence-corrected chi connectivity index (χ0v) is 8.09. The third-order valence-corrected chi connectivity index (χ3v) is 2.64. The minimum atomic E-state index is 0.250. The van der Waals surface area contributed by atoms with Gasteiger partial charge in [-0.2, -0.15) is 0 Å². The topological polar surface area (TPSA) is 26.0 Å². The van der Waals surface area contributed by atoms with E-state index >= 15 is 0 Å². The molecule has 2 N–H and O–H groups in total. The highest BCUT2D eigenvalue weighted by Gasteiger charge is 2.05. The second kappa shape index (κ2) is 4.80. The van der Waals surface area contributed by atoms with E-state index < -0.39 is 0 Å². The normalized spacial score (nSPS) is 12.9. The fourth-order valence-electron chi connectivity index (χ4n) is 0.912. The van der Waals surface area contributed by atoms with Crippen molar-refractivity contribution in [1.29, 1.82) is 0 Å². The Bertz CT molecular complexity index is 125. The summed E-state index contributed by atoms with van der Waals surface area (Å²) >= 11 is 1.77. The van der Waals surface area contributed by atoms with Crippen LogP contribution in [-0.4, -0.2) is 12.3 Å². The van der Waals surface area contributed by atoms with Crippen molar-refractivity contribution in [3.05, 3.63) is 10.5 Å².